The molecule has 3 fully saturated rings. The molecule has 4 aromatic rings. The Morgan fingerprint density at radius 3 is 2.73 bits per heavy atom. The number of hydrogen-bond donors (Lipinski definition) is 3. The summed E-state index contributed by atoms with van der Waals surface area (Å²) in [6.45, 7) is 3.16. The lowest BCUT2D eigenvalue weighted by atomic mass is 9.83. The summed E-state index contributed by atoms with van der Waals surface area (Å²) in [6.07, 6.45) is 3.64. The number of piperidine rings is 3. The van der Waals surface area contributed by atoms with Gasteiger partial charge in [0.2, 0.25) is 5.95 Å². The molecule has 3 aliphatic rings. The highest BCUT2D eigenvalue weighted by atomic mass is 19.1. The molecule has 0 aliphatic carbocycles. The highest BCUT2D eigenvalue weighted by Crippen LogP contribution is 2.35. The number of nitrogens with one attached hydrogen (secondary N) is 3. The van der Waals surface area contributed by atoms with Gasteiger partial charge in [0.1, 0.15) is 11.4 Å². The number of para-hydroxylation sites is 2. The standard InChI is InChI=1S/C22H21FN6O/c23-18-9-13-16(10-24-18)28-22(30)19(21-26-14-3-1-2-4-15(14)27-21)20(13)25-17-11-29-7-5-12(17)6-8-29/h1-4,9-10,12,17H,5-8,11H2,(H,26,27)(H2,25,28,30)/t17-/m1/s1. The van der Waals surface area contributed by atoms with Crippen molar-refractivity contribution in [2.24, 2.45) is 5.92 Å². The molecule has 6 heterocycles. The van der Waals surface area contributed by atoms with Gasteiger partial charge in [0.15, 0.2) is 0 Å². The maximum absolute atomic E-state index is 14.1. The van der Waals surface area contributed by atoms with Crippen LogP contribution in [0.2, 0.25) is 0 Å². The van der Waals surface area contributed by atoms with Crippen molar-refractivity contribution in [2.75, 3.05) is 25.0 Å². The minimum atomic E-state index is -0.581. The Morgan fingerprint density at radius 2 is 1.97 bits per heavy atom. The number of aromatic amines is 2. The second kappa shape index (κ2) is 6.63. The van der Waals surface area contributed by atoms with Gasteiger partial charge in [-0.05, 0) is 44.0 Å². The first kappa shape index (κ1) is 17.6. The Labute approximate surface area is 171 Å². The van der Waals surface area contributed by atoms with E-state index in [9.17, 15) is 9.18 Å². The molecule has 2 bridgehead atoms. The summed E-state index contributed by atoms with van der Waals surface area (Å²) in [5, 5.41) is 4.22. The number of H-pyrrole nitrogens is 2. The predicted molar refractivity (Wildman–Crippen MR) is 114 cm³/mol. The summed E-state index contributed by atoms with van der Waals surface area (Å²) in [4.78, 5) is 30.0. The van der Waals surface area contributed by atoms with Crippen LogP contribution in [0.4, 0.5) is 10.1 Å². The number of anilines is 1. The van der Waals surface area contributed by atoms with E-state index in [0.717, 1.165) is 43.5 Å². The SMILES string of the molecule is O=c1[nH]c2cnc(F)cc2c(N[C@@H]2CN3CCC2CC3)c1-c1nc2ccccc2[nH]1. The lowest BCUT2D eigenvalue weighted by Crippen LogP contribution is -2.53. The van der Waals surface area contributed by atoms with Crippen LogP contribution in [-0.2, 0) is 0 Å². The lowest BCUT2D eigenvalue weighted by Gasteiger charge is -2.45. The molecule has 3 aromatic heterocycles. The van der Waals surface area contributed by atoms with Crippen molar-refractivity contribution in [1.82, 2.24) is 24.8 Å². The van der Waals surface area contributed by atoms with Crippen molar-refractivity contribution in [3.63, 3.8) is 0 Å². The van der Waals surface area contributed by atoms with Crippen LogP contribution in [0, 0.1) is 11.9 Å². The third kappa shape index (κ3) is 2.79. The Hall–Kier alpha value is -3.26. The van der Waals surface area contributed by atoms with Crippen LogP contribution in [0.15, 0.2) is 41.3 Å². The predicted octanol–water partition coefficient (Wildman–Crippen LogP) is 3.11. The normalized spacial score (nSPS) is 23.3. The van der Waals surface area contributed by atoms with E-state index in [1.54, 1.807) is 0 Å². The van der Waals surface area contributed by atoms with Gasteiger partial charge < -0.3 is 20.2 Å². The summed E-state index contributed by atoms with van der Waals surface area (Å²) < 4.78 is 14.1. The summed E-state index contributed by atoms with van der Waals surface area (Å²) in [7, 11) is 0. The number of hydrogen-bond acceptors (Lipinski definition) is 5. The summed E-state index contributed by atoms with van der Waals surface area (Å²) >= 11 is 0. The molecule has 7 rings (SSSR count). The van der Waals surface area contributed by atoms with Crippen LogP contribution in [0.5, 0.6) is 0 Å². The largest absolute Gasteiger partial charge is 0.379 e. The maximum Gasteiger partial charge on any atom is 0.261 e. The van der Waals surface area contributed by atoms with E-state index < -0.39 is 5.95 Å². The second-order valence-corrected chi connectivity index (χ2v) is 8.25. The van der Waals surface area contributed by atoms with E-state index in [1.165, 1.54) is 12.3 Å². The first-order chi connectivity index (χ1) is 14.7. The summed E-state index contributed by atoms with van der Waals surface area (Å²) in [5.74, 6) is 0.432. The third-order valence-electron chi connectivity index (χ3n) is 6.48. The molecule has 1 atom stereocenters. The van der Waals surface area contributed by atoms with Crippen molar-refractivity contribution in [2.45, 2.75) is 18.9 Å². The fraction of sp³-hybridized carbons (Fsp3) is 0.318. The van der Waals surface area contributed by atoms with Gasteiger partial charge in [-0.25, -0.2) is 9.97 Å². The molecule has 8 heteroatoms. The van der Waals surface area contributed by atoms with Gasteiger partial charge in [0.05, 0.1) is 28.4 Å². The smallest absolute Gasteiger partial charge is 0.261 e. The molecule has 3 aliphatic heterocycles. The van der Waals surface area contributed by atoms with Crippen molar-refractivity contribution in [3.8, 4) is 11.4 Å². The third-order valence-corrected chi connectivity index (χ3v) is 6.48. The van der Waals surface area contributed by atoms with E-state index >= 15 is 0 Å². The van der Waals surface area contributed by atoms with Crippen molar-refractivity contribution >= 4 is 27.6 Å². The molecule has 30 heavy (non-hydrogen) atoms. The molecule has 0 radical (unpaired) electrons. The van der Waals surface area contributed by atoms with Gasteiger partial charge in [-0.2, -0.15) is 4.39 Å². The second-order valence-electron chi connectivity index (χ2n) is 8.25. The Bertz CT molecular complexity index is 1290. The van der Waals surface area contributed by atoms with Gasteiger partial charge >= 0.3 is 0 Å². The number of imidazole rings is 1. The molecular weight excluding hydrogens is 383 g/mol. The van der Waals surface area contributed by atoms with Gasteiger partial charge in [-0.1, -0.05) is 12.1 Å². The highest BCUT2D eigenvalue weighted by Gasteiger charge is 2.35. The molecule has 7 nitrogen and oxygen atoms in total. The van der Waals surface area contributed by atoms with E-state index in [2.05, 4.69) is 30.2 Å². The average molecular weight is 404 g/mol. The van der Waals surface area contributed by atoms with E-state index in [-0.39, 0.29) is 11.6 Å². The molecule has 152 valence electrons. The van der Waals surface area contributed by atoms with Crippen molar-refractivity contribution in [1.29, 1.82) is 0 Å². The Kier molecular flexibility index (Phi) is 3.89. The number of benzene rings is 1. The fourth-order valence-electron chi connectivity index (χ4n) is 4.93. The minimum absolute atomic E-state index is 0.205. The zero-order valence-corrected chi connectivity index (χ0v) is 16.3. The number of pyridine rings is 2. The number of rotatable bonds is 3. The number of halogens is 1. The van der Waals surface area contributed by atoms with Gasteiger partial charge in [0, 0.05) is 24.0 Å². The van der Waals surface area contributed by atoms with Gasteiger partial charge in [-0.15, -0.1) is 0 Å². The topological polar surface area (TPSA) is 89.7 Å². The van der Waals surface area contributed by atoms with Crippen LogP contribution in [0.3, 0.4) is 0 Å². The average Bonchev–Trinajstić information content (AvgIpc) is 3.19. The number of aromatic nitrogens is 4. The fourth-order valence-corrected chi connectivity index (χ4v) is 4.93. The van der Waals surface area contributed by atoms with Crippen molar-refractivity contribution in [3.05, 3.63) is 52.8 Å². The van der Waals surface area contributed by atoms with Crippen LogP contribution >= 0.6 is 0 Å². The highest BCUT2D eigenvalue weighted by molar-refractivity contribution is 5.98. The van der Waals surface area contributed by atoms with E-state index in [1.807, 2.05) is 24.3 Å². The Morgan fingerprint density at radius 1 is 1.13 bits per heavy atom. The van der Waals surface area contributed by atoms with Crippen LogP contribution in [0.25, 0.3) is 33.3 Å². The minimum Gasteiger partial charge on any atom is -0.379 e. The van der Waals surface area contributed by atoms with Crippen LogP contribution in [0.1, 0.15) is 12.8 Å². The molecule has 0 spiro atoms. The van der Waals surface area contributed by atoms with Gasteiger partial charge in [0.25, 0.3) is 5.56 Å². The molecule has 1 aromatic carbocycles. The zero-order chi connectivity index (χ0) is 20.2. The lowest BCUT2D eigenvalue weighted by molar-refractivity contribution is 0.0976. The molecule has 0 amide bonds. The van der Waals surface area contributed by atoms with Crippen LogP contribution < -0.4 is 10.9 Å². The summed E-state index contributed by atoms with van der Waals surface area (Å²) in [6, 6.07) is 9.23. The molecule has 0 saturated carbocycles. The quantitative estimate of drug-likeness (QED) is 0.457. The molecule has 3 N–H and O–H groups in total. The Balaban J connectivity index is 1.56. The van der Waals surface area contributed by atoms with E-state index in [0.29, 0.717) is 33.9 Å². The monoisotopic (exact) mass is 404 g/mol. The van der Waals surface area contributed by atoms with E-state index in [4.69, 9.17) is 0 Å². The molecule has 0 unspecified atom stereocenters. The summed E-state index contributed by atoms with van der Waals surface area (Å²) in [5.41, 5.74) is 2.88. The number of nitrogens with zero attached hydrogens (tertiary/aromatic N) is 3. The first-order valence-corrected chi connectivity index (χ1v) is 10.3. The number of fused-ring (bicyclic) bond motifs is 5. The molecular formula is C22H21FN6O. The van der Waals surface area contributed by atoms with Crippen LogP contribution in [-0.4, -0.2) is 50.5 Å². The molecule has 3 saturated heterocycles. The van der Waals surface area contributed by atoms with Gasteiger partial charge in [-0.3, -0.25) is 4.79 Å². The zero-order valence-electron chi connectivity index (χ0n) is 16.3. The first-order valence-electron chi connectivity index (χ1n) is 10.3. The maximum atomic E-state index is 14.1. The van der Waals surface area contributed by atoms with Crippen molar-refractivity contribution < 1.29 is 4.39 Å².